The molecule has 0 bridgehead atoms. The highest BCUT2D eigenvalue weighted by Gasteiger charge is 2.16. The van der Waals surface area contributed by atoms with Crippen molar-refractivity contribution in [1.29, 1.82) is 0 Å². The van der Waals surface area contributed by atoms with E-state index in [2.05, 4.69) is 17.5 Å². The number of thiophene rings is 2. The highest BCUT2D eigenvalue weighted by molar-refractivity contribution is 7.28. The number of para-hydroxylation sites is 1. The molecule has 1 aromatic carbocycles. The largest absolute Gasteiger partial charge is 0.383 e. The van der Waals surface area contributed by atoms with Crippen molar-refractivity contribution >= 4 is 37.9 Å². The zero-order valence-electron chi connectivity index (χ0n) is 11.4. The summed E-state index contributed by atoms with van der Waals surface area (Å²) in [6.07, 6.45) is 0. The quantitative estimate of drug-likeness (QED) is 0.583. The Morgan fingerprint density at radius 1 is 1.10 bits per heavy atom. The van der Waals surface area contributed by atoms with Crippen molar-refractivity contribution in [3.05, 3.63) is 53.4 Å². The summed E-state index contributed by atoms with van der Waals surface area (Å²) in [5, 5.41) is 6.85. The number of benzene rings is 1. The van der Waals surface area contributed by atoms with Crippen LogP contribution in [-0.4, -0.2) is 9.78 Å². The first-order valence-electron chi connectivity index (χ1n) is 6.62. The van der Waals surface area contributed by atoms with Gasteiger partial charge in [0.25, 0.3) is 0 Å². The van der Waals surface area contributed by atoms with E-state index in [1.807, 2.05) is 41.9 Å². The fraction of sp³-hybridized carbons (Fsp3) is 0.0625. The molecule has 21 heavy (non-hydrogen) atoms. The average molecular weight is 311 g/mol. The van der Waals surface area contributed by atoms with E-state index in [0.29, 0.717) is 5.82 Å². The standard InChI is InChI=1S/C16H13N3S2/c1-10-15(14-9-13-12(21-14)7-8-20-13)18-19(16(10)17)11-5-3-2-4-6-11/h2-9H,17H2,1H3. The fourth-order valence-corrected chi connectivity index (χ4v) is 4.54. The molecule has 3 nitrogen and oxygen atoms in total. The number of fused-ring (bicyclic) bond motifs is 1. The molecule has 0 spiro atoms. The van der Waals surface area contributed by atoms with Crippen molar-refractivity contribution in [3.8, 4) is 16.3 Å². The maximum absolute atomic E-state index is 6.25. The van der Waals surface area contributed by atoms with Crippen molar-refractivity contribution in [1.82, 2.24) is 9.78 Å². The molecule has 0 atom stereocenters. The van der Waals surface area contributed by atoms with Gasteiger partial charge in [-0.1, -0.05) is 18.2 Å². The molecule has 0 saturated heterocycles. The van der Waals surface area contributed by atoms with E-state index >= 15 is 0 Å². The number of hydrogen-bond acceptors (Lipinski definition) is 4. The van der Waals surface area contributed by atoms with Crippen molar-refractivity contribution in [2.24, 2.45) is 0 Å². The molecular weight excluding hydrogens is 298 g/mol. The minimum atomic E-state index is 0.702. The van der Waals surface area contributed by atoms with Crippen molar-refractivity contribution < 1.29 is 0 Å². The van der Waals surface area contributed by atoms with E-state index in [0.717, 1.165) is 16.9 Å². The van der Waals surface area contributed by atoms with E-state index in [9.17, 15) is 0 Å². The number of nitrogen functional groups attached to an aromatic ring is 1. The molecule has 2 N–H and O–H groups in total. The molecule has 0 saturated carbocycles. The number of rotatable bonds is 2. The third kappa shape index (κ3) is 1.97. The Labute approximate surface area is 130 Å². The van der Waals surface area contributed by atoms with Gasteiger partial charge in [-0.25, -0.2) is 4.68 Å². The Morgan fingerprint density at radius 3 is 2.67 bits per heavy atom. The number of aromatic nitrogens is 2. The van der Waals surface area contributed by atoms with Crippen LogP contribution in [0, 0.1) is 6.92 Å². The van der Waals surface area contributed by atoms with Gasteiger partial charge in [0.2, 0.25) is 0 Å². The van der Waals surface area contributed by atoms with Crippen LogP contribution in [0.15, 0.2) is 47.8 Å². The fourth-order valence-electron chi connectivity index (χ4n) is 2.39. The zero-order valence-corrected chi connectivity index (χ0v) is 13.0. The molecule has 0 aliphatic rings. The van der Waals surface area contributed by atoms with E-state index in [4.69, 9.17) is 10.8 Å². The Morgan fingerprint density at radius 2 is 1.90 bits per heavy atom. The molecule has 3 aromatic heterocycles. The van der Waals surface area contributed by atoms with Gasteiger partial charge >= 0.3 is 0 Å². The second-order valence-corrected chi connectivity index (χ2v) is 6.90. The normalized spacial score (nSPS) is 11.3. The Balaban J connectivity index is 1.89. The Kier molecular flexibility index (Phi) is 2.83. The van der Waals surface area contributed by atoms with Crippen LogP contribution >= 0.6 is 22.7 Å². The van der Waals surface area contributed by atoms with Gasteiger partial charge in [0, 0.05) is 15.0 Å². The van der Waals surface area contributed by atoms with Gasteiger partial charge in [0.15, 0.2) is 0 Å². The molecule has 0 amide bonds. The first-order valence-corrected chi connectivity index (χ1v) is 8.31. The summed E-state index contributed by atoms with van der Waals surface area (Å²) in [5.74, 6) is 0.702. The Bertz CT molecular complexity index is 887. The van der Waals surface area contributed by atoms with Crippen molar-refractivity contribution in [2.45, 2.75) is 6.92 Å². The van der Waals surface area contributed by atoms with Crippen LogP contribution in [-0.2, 0) is 0 Å². The second kappa shape index (κ2) is 4.72. The lowest BCUT2D eigenvalue weighted by Gasteiger charge is -2.02. The zero-order chi connectivity index (χ0) is 14.4. The molecule has 0 unspecified atom stereocenters. The molecule has 0 fully saturated rings. The topological polar surface area (TPSA) is 43.8 Å². The monoisotopic (exact) mass is 311 g/mol. The molecule has 3 heterocycles. The Hall–Kier alpha value is -2.11. The van der Waals surface area contributed by atoms with Gasteiger partial charge in [-0.05, 0) is 36.6 Å². The third-order valence-corrected chi connectivity index (χ3v) is 5.64. The predicted molar refractivity (Wildman–Crippen MR) is 91.4 cm³/mol. The smallest absolute Gasteiger partial charge is 0.130 e. The molecule has 5 heteroatoms. The lowest BCUT2D eigenvalue weighted by Crippen LogP contribution is -2.01. The number of nitrogens with zero attached hydrogens (tertiary/aromatic N) is 2. The van der Waals surface area contributed by atoms with E-state index in [1.54, 1.807) is 22.7 Å². The molecule has 4 rings (SSSR count). The van der Waals surface area contributed by atoms with Gasteiger partial charge in [-0.15, -0.1) is 22.7 Å². The van der Waals surface area contributed by atoms with Gasteiger partial charge in [0.1, 0.15) is 11.5 Å². The lowest BCUT2D eigenvalue weighted by atomic mass is 10.2. The van der Waals surface area contributed by atoms with E-state index < -0.39 is 0 Å². The summed E-state index contributed by atoms with van der Waals surface area (Å²) >= 11 is 3.53. The SMILES string of the molecule is Cc1c(-c2cc3sccc3s2)nn(-c2ccccc2)c1N. The molecular formula is C16H13N3S2. The van der Waals surface area contributed by atoms with Crippen LogP contribution < -0.4 is 5.73 Å². The van der Waals surface area contributed by atoms with Gasteiger partial charge in [-0.3, -0.25) is 0 Å². The van der Waals surface area contributed by atoms with Crippen LogP contribution in [0.2, 0.25) is 0 Å². The predicted octanol–water partition coefficient (Wildman–Crippen LogP) is 4.71. The summed E-state index contributed by atoms with van der Waals surface area (Å²) in [6.45, 7) is 2.03. The van der Waals surface area contributed by atoms with Gasteiger partial charge in [0.05, 0.1) is 10.6 Å². The van der Waals surface area contributed by atoms with Crippen molar-refractivity contribution in [3.63, 3.8) is 0 Å². The number of anilines is 1. The molecule has 0 aliphatic carbocycles. The maximum atomic E-state index is 6.25. The first-order chi connectivity index (χ1) is 10.2. The highest BCUT2D eigenvalue weighted by Crippen LogP contribution is 2.38. The van der Waals surface area contributed by atoms with Gasteiger partial charge in [-0.2, -0.15) is 5.10 Å². The maximum Gasteiger partial charge on any atom is 0.130 e. The third-order valence-electron chi connectivity index (χ3n) is 3.54. The second-order valence-electron chi connectivity index (χ2n) is 4.87. The van der Waals surface area contributed by atoms with E-state index in [1.165, 1.54) is 14.3 Å². The number of hydrogen-bond donors (Lipinski definition) is 1. The average Bonchev–Trinajstić information content (AvgIpc) is 3.15. The summed E-state index contributed by atoms with van der Waals surface area (Å²) in [7, 11) is 0. The van der Waals surface area contributed by atoms with Gasteiger partial charge < -0.3 is 5.73 Å². The van der Waals surface area contributed by atoms with Crippen LogP contribution in [0.3, 0.4) is 0 Å². The van der Waals surface area contributed by atoms with Crippen LogP contribution in [0.1, 0.15) is 5.56 Å². The lowest BCUT2D eigenvalue weighted by molar-refractivity contribution is 0.896. The summed E-state index contributed by atoms with van der Waals surface area (Å²) in [6, 6.07) is 14.4. The van der Waals surface area contributed by atoms with Crippen molar-refractivity contribution in [2.75, 3.05) is 5.73 Å². The summed E-state index contributed by atoms with van der Waals surface area (Å²) in [4.78, 5) is 1.18. The molecule has 0 aliphatic heterocycles. The summed E-state index contributed by atoms with van der Waals surface area (Å²) in [5.41, 5.74) is 9.25. The molecule has 4 aromatic rings. The highest BCUT2D eigenvalue weighted by atomic mass is 32.1. The first kappa shape index (κ1) is 12.6. The van der Waals surface area contributed by atoms with Crippen LogP contribution in [0.5, 0.6) is 0 Å². The molecule has 0 radical (unpaired) electrons. The molecule has 104 valence electrons. The van der Waals surface area contributed by atoms with Crippen LogP contribution in [0.4, 0.5) is 5.82 Å². The minimum absolute atomic E-state index is 0.702. The number of nitrogens with two attached hydrogens (primary N) is 1. The van der Waals surface area contributed by atoms with E-state index in [-0.39, 0.29) is 0 Å². The minimum Gasteiger partial charge on any atom is -0.383 e. The van der Waals surface area contributed by atoms with Crippen LogP contribution in [0.25, 0.3) is 25.7 Å². The summed E-state index contributed by atoms with van der Waals surface area (Å²) < 4.78 is 4.43.